The lowest BCUT2D eigenvalue weighted by Gasteiger charge is -2.16. The van der Waals surface area contributed by atoms with Gasteiger partial charge in [0.2, 0.25) is 5.91 Å². The first-order valence-electron chi connectivity index (χ1n) is 5.86. The summed E-state index contributed by atoms with van der Waals surface area (Å²) < 4.78 is 1.84. The molecule has 2 rings (SSSR count). The van der Waals surface area contributed by atoms with Gasteiger partial charge < -0.3 is 10.3 Å². The molecule has 2 aromatic rings. The van der Waals surface area contributed by atoms with Gasteiger partial charge in [-0.15, -0.1) is 11.6 Å². The van der Waals surface area contributed by atoms with Crippen LogP contribution in [0, 0.1) is 0 Å². The van der Waals surface area contributed by atoms with E-state index in [1.807, 2.05) is 18.4 Å². The van der Waals surface area contributed by atoms with Gasteiger partial charge in [0.05, 0.1) is 10.4 Å². The fourth-order valence-corrected chi connectivity index (χ4v) is 2.38. The third kappa shape index (κ3) is 2.82. The SMILES string of the molecule is CC(Cl)c1nc2cc(Cl)cnc2n1C(C)CC(N)=O. The number of nitrogens with zero attached hydrogens (tertiary/aromatic N) is 3. The van der Waals surface area contributed by atoms with Crippen LogP contribution in [0.3, 0.4) is 0 Å². The molecular formula is C12H14Cl2N4O. The highest BCUT2D eigenvalue weighted by Crippen LogP contribution is 2.29. The number of aromatic nitrogens is 3. The molecule has 0 fully saturated rings. The van der Waals surface area contributed by atoms with Gasteiger partial charge >= 0.3 is 0 Å². The number of hydrogen-bond donors (Lipinski definition) is 1. The van der Waals surface area contributed by atoms with Gasteiger partial charge in [0, 0.05) is 18.7 Å². The molecule has 0 radical (unpaired) electrons. The number of halogens is 2. The molecule has 0 saturated heterocycles. The Morgan fingerprint density at radius 1 is 1.53 bits per heavy atom. The minimum absolute atomic E-state index is 0.160. The van der Waals surface area contributed by atoms with Gasteiger partial charge in [0.1, 0.15) is 11.3 Å². The maximum atomic E-state index is 11.1. The van der Waals surface area contributed by atoms with Crippen LogP contribution in [0.4, 0.5) is 0 Å². The van der Waals surface area contributed by atoms with Gasteiger partial charge in [-0.05, 0) is 19.9 Å². The van der Waals surface area contributed by atoms with Crippen molar-refractivity contribution in [3.8, 4) is 0 Å². The van der Waals surface area contributed by atoms with Crippen molar-refractivity contribution in [1.82, 2.24) is 14.5 Å². The predicted molar refractivity (Wildman–Crippen MR) is 75.3 cm³/mol. The van der Waals surface area contributed by atoms with Crippen molar-refractivity contribution < 1.29 is 4.79 Å². The quantitative estimate of drug-likeness (QED) is 0.882. The summed E-state index contributed by atoms with van der Waals surface area (Å²) in [4.78, 5) is 19.8. The number of imidazole rings is 1. The smallest absolute Gasteiger partial charge is 0.219 e. The molecule has 2 aromatic heterocycles. The molecule has 0 spiro atoms. The Kier molecular flexibility index (Phi) is 3.96. The van der Waals surface area contributed by atoms with Crippen molar-refractivity contribution in [1.29, 1.82) is 0 Å². The number of pyridine rings is 1. The van der Waals surface area contributed by atoms with E-state index in [1.165, 1.54) is 0 Å². The molecule has 0 aromatic carbocycles. The summed E-state index contributed by atoms with van der Waals surface area (Å²) in [5.41, 5.74) is 6.56. The van der Waals surface area contributed by atoms with E-state index in [0.717, 1.165) is 0 Å². The fraction of sp³-hybridized carbons (Fsp3) is 0.417. The first-order chi connectivity index (χ1) is 8.90. The molecule has 0 aliphatic carbocycles. The predicted octanol–water partition coefficient (Wildman–Crippen LogP) is 2.82. The van der Waals surface area contributed by atoms with Gasteiger partial charge in [-0.1, -0.05) is 11.6 Å². The minimum Gasteiger partial charge on any atom is -0.370 e. The fourth-order valence-electron chi connectivity index (χ4n) is 2.07. The van der Waals surface area contributed by atoms with Gasteiger partial charge in [0.15, 0.2) is 5.65 Å². The minimum atomic E-state index is -0.378. The second-order valence-corrected chi connectivity index (χ2v) is 5.56. The Bertz CT molecular complexity index is 623. The van der Waals surface area contributed by atoms with E-state index in [4.69, 9.17) is 28.9 Å². The van der Waals surface area contributed by atoms with Gasteiger partial charge in [-0.25, -0.2) is 9.97 Å². The molecule has 2 unspecified atom stereocenters. The molecule has 0 saturated carbocycles. The lowest BCUT2D eigenvalue weighted by atomic mass is 10.2. The molecule has 2 N–H and O–H groups in total. The highest BCUT2D eigenvalue weighted by molar-refractivity contribution is 6.31. The summed E-state index contributed by atoms with van der Waals surface area (Å²) in [7, 11) is 0. The van der Waals surface area contributed by atoms with Gasteiger partial charge in [-0.3, -0.25) is 4.79 Å². The Balaban J connectivity index is 2.61. The van der Waals surface area contributed by atoms with E-state index >= 15 is 0 Å². The third-order valence-corrected chi connectivity index (χ3v) is 3.22. The standard InChI is InChI=1S/C12H14Cl2N4O/c1-6(3-10(15)19)18-11(7(2)13)17-9-4-8(14)5-16-12(9)18/h4-7H,3H2,1-2H3,(H2,15,19). The average Bonchev–Trinajstić information content (AvgIpc) is 2.66. The van der Waals surface area contributed by atoms with Crippen LogP contribution in [-0.2, 0) is 4.79 Å². The molecule has 7 heteroatoms. The van der Waals surface area contributed by atoms with Crippen LogP contribution in [0.1, 0.15) is 37.5 Å². The largest absolute Gasteiger partial charge is 0.370 e. The number of hydrogen-bond acceptors (Lipinski definition) is 3. The van der Waals surface area contributed by atoms with Crippen LogP contribution in [-0.4, -0.2) is 20.4 Å². The Labute approximate surface area is 120 Å². The number of fused-ring (bicyclic) bond motifs is 1. The second kappa shape index (κ2) is 5.35. The molecule has 5 nitrogen and oxygen atoms in total. The van der Waals surface area contributed by atoms with Crippen LogP contribution in [0.25, 0.3) is 11.2 Å². The summed E-state index contributed by atoms with van der Waals surface area (Å²) in [5, 5.41) is 0.205. The summed E-state index contributed by atoms with van der Waals surface area (Å²) in [6.45, 7) is 3.70. The molecule has 1 amide bonds. The average molecular weight is 301 g/mol. The van der Waals surface area contributed by atoms with E-state index in [0.29, 0.717) is 22.0 Å². The van der Waals surface area contributed by atoms with Gasteiger partial charge in [-0.2, -0.15) is 0 Å². The highest BCUT2D eigenvalue weighted by Gasteiger charge is 2.21. The van der Waals surface area contributed by atoms with Crippen molar-refractivity contribution in [2.75, 3.05) is 0 Å². The normalized spacial score (nSPS) is 14.5. The first kappa shape index (κ1) is 14.1. The highest BCUT2D eigenvalue weighted by atomic mass is 35.5. The van der Waals surface area contributed by atoms with Crippen molar-refractivity contribution in [2.24, 2.45) is 5.73 Å². The summed E-state index contributed by atoms with van der Waals surface area (Å²) in [6, 6.07) is 1.56. The Hall–Kier alpha value is -1.33. The van der Waals surface area contributed by atoms with Crippen molar-refractivity contribution in [3.63, 3.8) is 0 Å². The van der Waals surface area contributed by atoms with E-state index in [2.05, 4.69) is 9.97 Å². The van der Waals surface area contributed by atoms with Crippen LogP contribution in [0.2, 0.25) is 5.02 Å². The molecule has 19 heavy (non-hydrogen) atoms. The number of carbonyl (C=O) groups excluding carboxylic acids is 1. The number of nitrogens with two attached hydrogens (primary N) is 1. The number of rotatable bonds is 4. The van der Waals surface area contributed by atoms with E-state index in [-0.39, 0.29) is 23.7 Å². The molecule has 0 bridgehead atoms. The van der Waals surface area contributed by atoms with E-state index < -0.39 is 0 Å². The van der Waals surface area contributed by atoms with Crippen molar-refractivity contribution >= 4 is 40.3 Å². The molecule has 0 aliphatic heterocycles. The summed E-state index contributed by atoms with van der Waals surface area (Å²) >= 11 is 12.0. The Morgan fingerprint density at radius 2 is 2.21 bits per heavy atom. The zero-order valence-corrected chi connectivity index (χ0v) is 12.1. The maximum Gasteiger partial charge on any atom is 0.219 e. The van der Waals surface area contributed by atoms with Crippen molar-refractivity contribution in [2.45, 2.75) is 31.7 Å². The maximum absolute atomic E-state index is 11.1. The molecule has 2 atom stereocenters. The van der Waals surface area contributed by atoms with Crippen LogP contribution in [0.15, 0.2) is 12.3 Å². The van der Waals surface area contributed by atoms with E-state index in [9.17, 15) is 4.79 Å². The zero-order valence-electron chi connectivity index (χ0n) is 10.6. The topological polar surface area (TPSA) is 73.8 Å². The summed E-state index contributed by atoms with van der Waals surface area (Å²) in [6.07, 6.45) is 1.74. The molecule has 0 aliphatic rings. The monoisotopic (exact) mass is 300 g/mol. The van der Waals surface area contributed by atoms with Crippen molar-refractivity contribution in [3.05, 3.63) is 23.1 Å². The van der Waals surface area contributed by atoms with E-state index in [1.54, 1.807) is 12.3 Å². The first-order valence-corrected chi connectivity index (χ1v) is 6.67. The third-order valence-electron chi connectivity index (χ3n) is 2.82. The molecular weight excluding hydrogens is 287 g/mol. The molecule has 102 valence electrons. The van der Waals surface area contributed by atoms with Crippen LogP contribution < -0.4 is 5.73 Å². The number of carbonyl (C=O) groups is 1. The summed E-state index contributed by atoms with van der Waals surface area (Å²) in [5.74, 6) is 0.275. The number of primary amides is 1. The molecule has 2 heterocycles. The number of amides is 1. The Morgan fingerprint density at radius 3 is 2.79 bits per heavy atom. The van der Waals surface area contributed by atoms with Crippen LogP contribution in [0.5, 0.6) is 0 Å². The second-order valence-electron chi connectivity index (χ2n) is 4.47. The van der Waals surface area contributed by atoms with Crippen LogP contribution >= 0.6 is 23.2 Å². The zero-order chi connectivity index (χ0) is 14.2. The lowest BCUT2D eigenvalue weighted by Crippen LogP contribution is -2.19. The lowest BCUT2D eigenvalue weighted by molar-refractivity contribution is -0.118. The van der Waals surface area contributed by atoms with Gasteiger partial charge in [0.25, 0.3) is 0 Å². The number of alkyl halides is 1.